The molecule has 0 unspecified atom stereocenters. The SMILES string of the molecule is CCOC(=O)Cc1cc(CC2CC2)cc(F)c1OC. The van der Waals surface area contributed by atoms with Crippen molar-refractivity contribution in [2.24, 2.45) is 5.92 Å². The van der Waals surface area contributed by atoms with Gasteiger partial charge in [0.15, 0.2) is 11.6 Å². The van der Waals surface area contributed by atoms with E-state index < -0.39 is 5.82 Å². The van der Waals surface area contributed by atoms with Crippen molar-refractivity contribution < 1.29 is 18.7 Å². The van der Waals surface area contributed by atoms with E-state index in [0.717, 1.165) is 12.0 Å². The highest BCUT2D eigenvalue weighted by atomic mass is 19.1. The highest BCUT2D eigenvalue weighted by Gasteiger charge is 2.23. The van der Waals surface area contributed by atoms with E-state index in [1.54, 1.807) is 6.92 Å². The average Bonchev–Trinajstić information content (AvgIpc) is 3.13. The number of ether oxygens (including phenoxy) is 2. The maximum Gasteiger partial charge on any atom is 0.310 e. The fraction of sp³-hybridized carbons (Fsp3) is 0.533. The number of rotatable bonds is 6. The van der Waals surface area contributed by atoms with E-state index in [1.165, 1.54) is 26.0 Å². The molecule has 1 fully saturated rings. The van der Waals surface area contributed by atoms with Gasteiger partial charge in [-0.15, -0.1) is 0 Å². The van der Waals surface area contributed by atoms with E-state index >= 15 is 0 Å². The summed E-state index contributed by atoms with van der Waals surface area (Å²) in [5.41, 5.74) is 1.50. The molecule has 0 heterocycles. The zero-order chi connectivity index (χ0) is 13.8. The predicted octanol–water partition coefficient (Wildman–Crippen LogP) is 2.89. The van der Waals surface area contributed by atoms with Crippen LogP contribution in [0.5, 0.6) is 5.75 Å². The lowest BCUT2D eigenvalue weighted by Crippen LogP contribution is -2.10. The van der Waals surface area contributed by atoms with Crippen molar-refractivity contribution in [1.82, 2.24) is 0 Å². The Labute approximate surface area is 112 Å². The molecular weight excluding hydrogens is 247 g/mol. The molecule has 0 radical (unpaired) electrons. The molecule has 3 nitrogen and oxygen atoms in total. The van der Waals surface area contributed by atoms with Crippen LogP contribution in [0.15, 0.2) is 12.1 Å². The van der Waals surface area contributed by atoms with Crippen molar-refractivity contribution in [1.29, 1.82) is 0 Å². The van der Waals surface area contributed by atoms with Crippen molar-refractivity contribution in [3.63, 3.8) is 0 Å². The summed E-state index contributed by atoms with van der Waals surface area (Å²) in [6, 6.07) is 3.36. The lowest BCUT2D eigenvalue weighted by atomic mass is 10.0. The molecule has 1 saturated carbocycles. The van der Waals surface area contributed by atoms with Gasteiger partial charge in [-0.05, 0) is 43.7 Å². The minimum atomic E-state index is -0.403. The number of halogens is 1. The molecule has 0 bridgehead atoms. The summed E-state index contributed by atoms with van der Waals surface area (Å²) in [6.45, 7) is 2.07. The Morgan fingerprint density at radius 1 is 1.42 bits per heavy atom. The minimum absolute atomic E-state index is 0.0481. The molecule has 1 aliphatic carbocycles. The van der Waals surface area contributed by atoms with Crippen molar-refractivity contribution in [2.45, 2.75) is 32.6 Å². The van der Waals surface area contributed by atoms with Crippen LogP contribution in [0, 0.1) is 11.7 Å². The van der Waals surface area contributed by atoms with Crippen molar-refractivity contribution in [3.8, 4) is 5.75 Å². The molecule has 0 saturated heterocycles. The van der Waals surface area contributed by atoms with E-state index in [-0.39, 0.29) is 18.1 Å². The first-order valence-electron chi connectivity index (χ1n) is 6.65. The van der Waals surface area contributed by atoms with E-state index in [2.05, 4.69) is 0 Å². The zero-order valence-electron chi connectivity index (χ0n) is 11.4. The van der Waals surface area contributed by atoms with E-state index in [4.69, 9.17) is 9.47 Å². The highest BCUT2D eigenvalue weighted by Crippen LogP contribution is 2.34. The van der Waals surface area contributed by atoms with E-state index in [9.17, 15) is 9.18 Å². The molecule has 0 atom stereocenters. The van der Waals surface area contributed by atoms with Crippen LogP contribution in [0.3, 0.4) is 0 Å². The Hall–Kier alpha value is -1.58. The quantitative estimate of drug-likeness (QED) is 0.743. The van der Waals surface area contributed by atoms with Gasteiger partial charge >= 0.3 is 5.97 Å². The lowest BCUT2D eigenvalue weighted by molar-refractivity contribution is -0.142. The molecule has 0 amide bonds. The van der Waals surface area contributed by atoms with Gasteiger partial charge in [-0.2, -0.15) is 0 Å². The summed E-state index contributed by atoms with van der Waals surface area (Å²) in [4.78, 5) is 11.5. The fourth-order valence-electron chi connectivity index (χ4n) is 2.21. The normalized spacial score (nSPS) is 14.3. The monoisotopic (exact) mass is 266 g/mol. The number of carbonyl (C=O) groups is 1. The first-order chi connectivity index (χ1) is 9.13. The highest BCUT2D eigenvalue weighted by molar-refractivity contribution is 5.73. The second-order valence-corrected chi connectivity index (χ2v) is 4.90. The van der Waals surface area contributed by atoms with Crippen molar-refractivity contribution in [2.75, 3.05) is 13.7 Å². The molecule has 1 aliphatic rings. The Morgan fingerprint density at radius 2 is 2.16 bits per heavy atom. The maximum absolute atomic E-state index is 13.9. The second-order valence-electron chi connectivity index (χ2n) is 4.90. The third-order valence-corrected chi connectivity index (χ3v) is 3.25. The second kappa shape index (κ2) is 6.04. The zero-order valence-corrected chi connectivity index (χ0v) is 11.4. The van der Waals surface area contributed by atoms with Crippen molar-refractivity contribution >= 4 is 5.97 Å². The topological polar surface area (TPSA) is 35.5 Å². The number of methoxy groups -OCH3 is 1. The minimum Gasteiger partial charge on any atom is -0.493 e. The summed E-state index contributed by atoms with van der Waals surface area (Å²) >= 11 is 0. The van der Waals surface area contributed by atoms with Crippen LogP contribution in [-0.4, -0.2) is 19.7 Å². The molecule has 2 rings (SSSR count). The summed E-state index contributed by atoms with van der Waals surface area (Å²) in [5.74, 6) is 0.0551. The van der Waals surface area contributed by atoms with E-state index in [0.29, 0.717) is 18.1 Å². The van der Waals surface area contributed by atoms with Crippen LogP contribution in [0.2, 0.25) is 0 Å². The van der Waals surface area contributed by atoms with Gasteiger partial charge in [-0.25, -0.2) is 4.39 Å². The first-order valence-corrected chi connectivity index (χ1v) is 6.65. The number of hydrogen-bond acceptors (Lipinski definition) is 3. The number of hydrogen-bond donors (Lipinski definition) is 0. The smallest absolute Gasteiger partial charge is 0.310 e. The van der Waals surface area contributed by atoms with Gasteiger partial charge in [0.2, 0.25) is 0 Å². The van der Waals surface area contributed by atoms with Gasteiger partial charge in [0.1, 0.15) is 0 Å². The Morgan fingerprint density at radius 3 is 2.74 bits per heavy atom. The Balaban J connectivity index is 2.21. The van der Waals surface area contributed by atoms with Gasteiger partial charge in [-0.1, -0.05) is 6.07 Å². The van der Waals surface area contributed by atoms with Gasteiger partial charge in [0, 0.05) is 5.56 Å². The molecule has 0 spiro atoms. The first kappa shape index (κ1) is 13.8. The van der Waals surface area contributed by atoms with E-state index in [1.807, 2.05) is 6.07 Å². The lowest BCUT2D eigenvalue weighted by Gasteiger charge is -2.11. The van der Waals surface area contributed by atoms with Crippen molar-refractivity contribution in [3.05, 3.63) is 29.1 Å². The molecule has 1 aromatic rings. The fourth-order valence-corrected chi connectivity index (χ4v) is 2.21. The van der Waals surface area contributed by atoms with Crippen LogP contribution in [0.4, 0.5) is 4.39 Å². The average molecular weight is 266 g/mol. The number of carbonyl (C=O) groups excluding carboxylic acids is 1. The van der Waals surface area contributed by atoms with Crippen LogP contribution < -0.4 is 4.74 Å². The van der Waals surface area contributed by atoms with Crippen LogP contribution in [-0.2, 0) is 22.4 Å². The molecule has 0 N–H and O–H groups in total. The maximum atomic E-state index is 13.9. The molecule has 19 heavy (non-hydrogen) atoms. The molecule has 104 valence electrons. The summed E-state index contributed by atoms with van der Waals surface area (Å²) in [5, 5.41) is 0. The summed E-state index contributed by atoms with van der Waals surface area (Å²) in [6.07, 6.45) is 3.34. The predicted molar refractivity (Wildman–Crippen MR) is 69.7 cm³/mol. The standard InChI is InChI=1S/C15H19FO3/c1-3-19-14(17)9-12-7-11(6-10-4-5-10)8-13(16)15(12)18-2/h7-8,10H,3-6,9H2,1-2H3. The molecule has 0 aromatic heterocycles. The molecule has 4 heteroatoms. The summed E-state index contributed by atoms with van der Waals surface area (Å²) < 4.78 is 23.9. The van der Waals surface area contributed by atoms with Gasteiger partial charge in [0.25, 0.3) is 0 Å². The van der Waals surface area contributed by atoms with Crippen LogP contribution in [0.25, 0.3) is 0 Å². The Bertz CT molecular complexity index is 467. The van der Waals surface area contributed by atoms with Gasteiger partial charge in [-0.3, -0.25) is 4.79 Å². The summed E-state index contributed by atoms with van der Waals surface area (Å²) in [7, 11) is 1.41. The third-order valence-electron chi connectivity index (χ3n) is 3.25. The molecular formula is C15H19FO3. The molecule has 0 aliphatic heterocycles. The number of benzene rings is 1. The third kappa shape index (κ3) is 3.69. The van der Waals surface area contributed by atoms with Gasteiger partial charge in [0.05, 0.1) is 20.1 Å². The Kier molecular flexibility index (Phi) is 4.40. The van der Waals surface area contributed by atoms with Crippen LogP contribution >= 0.6 is 0 Å². The van der Waals surface area contributed by atoms with Gasteiger partial charge < -0.3 is 9.47 Å². The van der Waals surface area contributed by atoms with Crippen LogP contribution in [0.1, 0.15) is 30.9 Å². The molecule has 1 aromatic carbocycles. The largest absolute Gasteiger partial charge is 0.493 e. The number of esters is 1.